The van der Waals surface area contributed by atoms with Crippen LogP contribution in [0.4, 0.5) is 5.13 Å². The highest BCUT2D eigenvalue weighted by Gasteiger charge is 2.33. The van der Waals surface area contributed by atoms with Crippen LogP contribution in [0.25, 0.3) is 0 Å². The summed E-state index contributed by atoms with van der Waals surface area (Å²) in [6.45, 7) is 3.88. The Morgan fingerprint density at radius 2 is 2.31 bits per heavy atom. The van der Waals surface area contributed by atoms with Crippen molar-refractivity contribution >= 4 is 32.4 Å². The highest BCUT2D eigenvalue weighted by Crippen LogP contribution is 2.37. The average Bonchev–Trinajstić information content (AvgIpc) is 3.03. The average molecular weight is 306 g/mol. The molecule has 0 N–H and O–H groups in total. The summed E-state index contributed by atoms with van der Waals surface area (Å²) >= 11 is 4.94. The van der Waals surface area contributed by atoms with Crippen molar-refractivity contribution < 1.29 is 4.74 Å². The van der Waals surface area contributed by atoms with Crippen LogP contribution in [0, 0.1) is 5.92 Å². The Bertz CT molecular complexity index is 343. The van der Waals surface area contributed by atoms with Gasteiger partial charge >= 0.3 is 0 Å². The van der Waals surface area contributed by atoms with E-state index in [1.165, 1.54) is 12.8 Å². The monoisotopic (exact) mass is 305 g/mol. The molecule has 16 heavy (non-hydrogen) atoms. The molecule has 4 nitrogen and oxygen atoms in total. The van der Waals surface area contributed by atoms with Gasteiger partial charge in [0.2, 0.25) is 5.13 Å². The predicted molar refractivity (Wildman–Crippen MR) is 69.0 cm³/mol. The van der Waals surface area contributed by atoms with E-state index in [2.05, 4.69) is 38.0 Å². The van der Waals surface area contributed by atoms with E-state index in [4.69, 9.17) is 4.74 Å². The standard InChI is InChI=1S/C10H16BrN3OS/c1-7(8-3-4-8)14(5-6-15-2)10-13-12-9(11)16-10/h7-8H,3-6H2,1-2H3. The maximum Gasteiger partial charge on any atom is 0.209 e. The van der Waals surface area contributed by atoms with Crippen LogP contribution in [0.1, 0.15) is 19.8 Å². The van der Waals surface area contributed by atoms with Gasteiger partial charge in [0.1, 0.15) is 0 Å². The summed E-state index contributed by atoms with van der Waals surface area (Å²) < 4.78 is 5.99. The molecule has 1 unspecified atom stereocenters. The normalized spacial score (nSPS) is 17.4. The number of ether oxygens (including phenoxy) is 1. The summed E-state index contributed by atoms with van der Waals surface area (Å²) in [5, 5.41) is 9.19. The number of halogens is 1. The number of aromatic nitrogens is 2. The van der Waals surface area contributed by atoms with Crippen LogP contribution in [0.3, 0.4) is 0 Å². The Hall–Kier alpha value is -0.200. The molecule has 0 spiro atoms. The molecule has 90 valence electrons. The third kappa shape index (κ3) is 2.93. The van der Waals surface area contributed by atoms with Crippen LogP contribution < -0.4 is 4.90 Å². The topological polar surface area (TPSA) is 38.2 Å². The van der Waals surface area contributed by atoms with Crippen LogP contribution in [0.15, 0.2) is 3.92 Å². The Labute approximate surface area is 108 Å². The molecule has 6 heteroatoms. The SMILES string of the molecule is COCCN(c1nnc(Br)s1)C(C)C1CC1. The van der Waals surface area contributed by atoms with Gasteiger partial charge in [-0.3, -0.25) is 0 Å². The minimum atomic E-state index is 0.537. The fourth-order valence-corrected chi connectivity index (χ4v) is 3.01. The van der Waals surface area contributed by atoms with Crippen molar-refractivity contribution in [3.8, 4) is 0 Å². The molecule has 1 aliphatic carbocycles. The number of anilines is 1. The molecule has 1 saturated carbocycles. The maximum atomic E-state index is 5.15. The molecule has 0 aliphatic heterocycles. The van der Waals surface area contributed by atoms with Crippen LogP contribution in [-0.2, 0) is 4.74 Å². The number of hydrogen-bond acceptors (Lipinski definition) is 5. The first-order chi connectivity index (χ1) is 7.72. The summed E-state index contributed by atoms with van der Waals surface area (Å²) in [7, 11) is 1.73. The summed E-state index contributed by atoms with van der Waals surface area (Å²) in [6.07, 6.45) is 2.68. The van der Waals surface area contributed by atoms with Crippen molar-refractivity contribution in [3.63, 3.8) is 0 Å². The van der Waals surface area contributed by atoms with Gasteiger partial charge in [-0.15, -0.1) is 10.2 Å². The first-order valence-electron chi connectivity index (χ1n) is 5.47. The van der Waals surface area contributed by atoms with Gasteiger partial charge in [0.25, 0.3) is 0 Å². The van der Waals surface area contributed by atoms with E-state index in [0.29, 0.717) is 6.04 Å². The van der Waals surface area contributed by atoms with Crippen molar-refractivity contribution in [2.24, 2.45) is 5.92 Å². The van der Waals surface area contributed by atoms with E-state index in [-0.39, 0.29) is 0 Å². The fraction of sp³-hybridized carbons (Fsp3) is 0.800. The summed E-state index contributed by atoms with van der Waals surface area (Å²) in [4.78, 5) is 2.31. The quantitative estimate of drug-likeness (QED) is 0.809. The third-order valence-electron chi connectivity index (χ3n) is 2.97. The molecule has 1 fully saturated rings. The summed E-state index contributed by atoms with van der Waals surface area (Å²) in [6, 6.07) is 0.537. The molecule has 1 aliphatic rings. The van der Waals surface area contributed by atoms with Gasteiger partial charge in [0, 0.05) is 19.7 Å². The van der Waals surface area contributed by atoms with E-state index in [1.807, 2.05) is 0 Å². The Kier molecular flexibility index (Phi) is 4.16. The molecule has 0 bridgehead atoms. The van der Waals surface area contributed by atoms with Crippen LogP contribution >= 0.6 is 27.3 Å². The van der Waals surface area contributed by atoms with Crippen molar-refractivity contribution in [3.05, 3.63) is 3.92 Å². The molecule has 0 aromatic carbocycles. The lowest BCUT2D eigenvalue weighted by molar-refractivity contribution is 0.202. The van der Waals surface area contributed by atoms with Gasteiger partial charge in [-0.2, -0.15) is 0 Å². The first kappa shape index (κ1) is 12.3. The maximum absolute atomic E-state index is 5.15. The highest BCUT2D eigenvalue weighted by atomic mass is 79.9. The lowest BCUT2D eigenvalue weighted by Gasteiger charge is -2.28. The van der Waals surface area contributed by atoms with E-state index < -0.39 is 0 Å². The van der Waals surface area contributed by atoms with Gasteiger partial charge in [-0.1, -0.05) is 11.3 Å². The first-order valence-corrected chi connectivity index (χ1v) is 7.08. The minimum absolute atomic E-state index is 0.537. The summed E-state index contributed by atoms with van der Waals surface area (Å²) in [5.41, 5.74) is 0. The molecule has 0 amide bonds. The molecular weight excluding hydrogens is 290 g/mol. The smallest absolute Gasteiger partial charge is 0.209 e. The molecular formula is C10H16BrN3OS. The lowest BCUT2D eigenvalue weighted by atomic mass is 10.2. The molecule has 1 aromatic rings. The number of nitrogens with zero attached hydrogens (tertiary/aromatic N) is 3. The molecule has 1 atom stereocenters. The van der Waals surface area contributed by atoms with Crippen molar-refractivity contribution in [2.75, 3.05) is 25.2 Å². The van der Waals surface area contributed by atoms with E-state index in [0.717, 1.165) is 28.1 Å². The van der Waals surface area contributed by atoms with Crippen LogP contribution in [0.2, 0.25) is 0 Å². The van der Waals surface area contributed by atoms with Gasteiger partial charge < -0.3 is 9.64 Å². The van der Waals surface area contributed by atoms with Crippen molar-refractivity contribution in [1.82, 2.24) is 10.2 Å². The van der Waals surface area contributed by atoms with Crippen LogP contribution in [-0.4, -0.2) is 36.5 Å². The Morgan fingerprint density at radius 3 is 2.81 bits per heavy atom. The second-order valence-corrected chi connectivity index (χ2v) is 6.33. The van der Waals surface area contributed by atoms with Gasteiger partial charge in [-0.05, 0) is 41.6 Å². The third-order valence-corrected chi connectivity index (χ3v) is 4.36. The Balaban J connectivity index is 2.06. The van der Waals surface area contributed by atoms with Gasteiger partial charge in [0.15, 0.2) is 3.92 Å². The zero-order valence-corrected chi connectivity index (χ0v) is 11.9. The molecule has 0 saturated heterocycles. The zero-order valence-electron chi connectivity index (χ0n) is 9.52. The van der Waals surface area contributed by atoms with Gasteiger partial charge in [0.05, 0.1) is 6.61 Å². The van der Waals surface area contributed by atoms with E-state index in [1.54, 1.807) is 18.4 Å². The fourth-order valence-electron chi connectivity index (χ4n) is 1.81. The highest BCUT2D eigenvalue weighted by molar-refractivity contribution is 9.11. The Morgan fingerprint density at radius 1 is 1.56 bits per heavy atom. The van der Waals surface area contributed by atoms with Gasteiger partial charge in [-0.25, -0.2) is 0 Å². The lowest BCUT2D eigenvalue weighted by Crippen LogP contribution is -2.37. The zero-order chi connectivity index (χ0) is 11.5. The molecule has 1 aromatic heterocycles. The van der Waals surface area contributed by atoms with E-state index in [9.17, 15) is 0 Å². The van der Waals surface area contributed by atoms with Crippen LogP contribution in [0.5, 0.6) is 0 Å². The molecule has 2 rings (SSSR count). The number of hydrogen-bond donors (Lipinski definition) is 0. The van der Waals surface area contributed by atoms with Crippen molar-refractivity contribution in [2.45, 2.75) is 25.8 Å². The van der Waals surface area contributed by atoms with Crippen molar-refractivity contribution in [1.29, 1.82) is 0 Å². The largest absolute Gasteiger partial charge is 0.383 e. The van der Waals surface area contributed by atoms with E-state index >= 15 is 0 Å². The number of methoxy groups -OCH3 is 1. The minimum Gasteiger partial charge on any atom is -0.383 e. The summed E-state index contributed by atoms with van der Waals surface area (Å²) in [5.74, 6) is 0.819. The molecule has 0 radical (unpaired) electrons. The number of rotatable bonds is 6. The molecule has 1 heterocycles. The predicted octanol–water partition coefficient (Wildman–Crippen LogP) is 2.55. The second kappa shape index (κ2) is 5.42. The second-order valence-electron chi connectivity index (χ2n) is 4.10.